The number of unbranched alkanes of at least 4 members (excludes halogenated alkanes) is 8. The Morgan fingerprint density at radius 3 is 2.00 bits per heavy atom. The lowest BCUT2D eigenvalue weighted by atomic mass is 10.1. The second-order valence-corrected chi connectivity index (χ2v) is 6.71. The molecular weight excluding hydrogens is 339 g/mol. The third-order valence-corrected chi connectivity index (χ3v) is 4.04. The van der Waals surface area contributed by atoms with E-state index in [4.69, 9.17) is 9.63 Å². The number of carbonyl (C=O) groups is 1. The number of esters is 1. The zero-order valence-corrected chi connectivity index (χ0v) is 15.5. The highest BCUT2D eigenvalue weighted by Gasteiger charge is 2.17. The molecule has 0 fully saturated rings. The summed E-state index contributed by atoms with van der Waals surface area (Å²) in [4.78, 5) is 19.8. The van der Waals surface area contributed by atoms with Crippen LogP contribution in [-0.2, 0) is 18.6 Å². The highest BCUT2D eigenvalue weighted by atomic mass is 32.1. The normalized spacial score (nSPS) is 12.9. The van der Waals surface area contributed by atoms with Crippen LogP contribution in [0.1, 0.15) is 64.2 Å². The quantitative estimate of drug-likeness (QED) is 0.167. The van der Waals surface area contributed by atoms with Crippen molar-refractivity contribution in [2.24, 2.45) is 0 Å². The van der Waals surface area contributed by atoms with Crippen LogP contribution in [-0.4, -0.2) is 41.0 Å². The van der Waals surface area contributed by atoms with Crippen molar-refractivity contribution in [3.63, 3.8) is 0 Å². The summed E-state index contributed by atoms with van der Waals surface area (Å²) in [6, 6.07) is 0. The lowest BCUT2D eigenvalue weighted by Crippen LogP contribution is -2.22. The fourth-order valence-electron chi connectivity index (χ4n) is 2.08. The number of aliphatic hydroxyl groups is 1. The molecule has 0 aliphatic heterocycles. The van der Waals surface area contributed by atoms with Crippen LogP contribution in [0.2, 0.25) is 0 Å². The number of hydrogen-bond acceptors (Lipinski definition) is 6. The van der Waals surface area contributed by atoms with E-state index in [0.29, 0.717) is 6.42 Å². The fraction of sp³-hybridized carbons (Fsp3) is 0.933. The zero-order valence-electron chi connectivity index (χ0n) is 13.7. The SMILES string of the molecule is O=C(CCCCCCCCCCCS)OC[C@@H](O)CO[P+](=O)O. The molecule has 23 heavy (non-hydrogen) atoms. The number of ether oxygens (including phenoxy) is 1. The minimum atomic E-state index is -2.73. The molecule has 6 nitrogen and oxygen atoms in total. The average Bonchev–Trinajstić information content (AvgIpc) is 2.52. The predicted molar refractivity (Wildman–Crippen MR) is 92.8 cm³/mol. The highest BCUT2D eigenvalue weighted by Crippen LogP contribution is 2.14. The molecule has 8 heteroatoms. The molecular formula is C15H30O6PS+. The van der Waals surface area contributed by atoms with Crippen molar-refractivity contribution in [3.05, 3.63) is 0 Å². The van der Waals surface area contributed by atoms with Crippen molar-refractivity contribution >= 4 is 26.9 Å². The first kappa shape index (κ1) is 22.8. The Morgan fingerprint density at radius 1 is 0.957 bits per heavy atom. The topological polar surface area (TPSA) is 93.1 Å². The second kappa shape index (κ2) is 16.7. The summed E-state index contributed by atoms with van der Waals surface area (Å²) < 4.78 is 19.5. The van der Waals surface area contributed by atoms with Crippen LogP contribution in [0.3, 0.4) is 0 Å². The summed E-state index contributed by atoms with van der Waals surface area (Å²) in [5, 5.41) is 9.35. The summed E-state index contributed by atoms with van der Waals surface area (Å²) in [5.41, 5.74) is 0. The minimum Gasteiger partial charge on any atom is -0.463 e. The molecule has 0 radical (unpaired) electrons. The maximum absolute atomic E-state index is 11.4. The molecule has 0 aromatic rings. The molecule has 0 aromatic heterocycles. The molecule has 1 unspecified atom stereocenters. The smallest absolute Gasteiger partial charge is 0.463 e. The van der Waals surface area contributed by atoms with E-state index >= 15 is 0 Å². The molecule has 2 N–H and O–H groups in total. The summed E-state index contributed by atoms with van der Waals surface area (Å²) >= 11 is 4.18. The Bertz CT molecular complexity index is 316. The van der Waals surface area contributed by atoms with Crippen LogP contribution in [0, 0.1) is 0 Å². The van der Waals surface area contributed by atoms with Crippen LogP contribution in [0.4, 0.5) is 0 Å². The summed E-state index contributed by atoms with van der Waals surface area (Å²) in [5.74, 6) is 0.617. The van der Waals surface area contributed by atoms with E-state index < -0.39 is 14.4 Å². The van der Waals surface area contributed by atoms with E-state index in [1.165, 1.54) is 38.5 Å². The van der Waals surface area contributed by atoms with Gasteiger partial charge in [-0.1, -0.05) is 44.9 Å². The van der Waals surface area contributed by atoms with Gasteiger partial charge in [-0.05, 0) is 18.6 Å². The molecule has 0 spiro atoms. The molecule has 0 saturated heterocycles. The van der Waals surface area contributed by atoms with Crippen LogP contribution < -0.4 is 0 Å². The zero-order chi connectivity index (χ0) is 17.3. The Kier molecular flexibility index (Phi) is 16.5. The van der Waals surface area contributed by atoms with Gasteiger partial charge in [0.05, 0.1) is 0 Å². The van der Waals surface area contributed by atoms with E-state index in [0.717, 1.165) is 25.0 Å². The third kappa shape index (κ3) is 18.0. The largest absolute Gasteiger partial charge is 0.694 e. The van der Waals surface area contributed by atoms with Crippen molar-refractivity contribution in [2.45, 2.75) is 70.3 Å². The Hall–Kier alpha value is -0.200. The highest BCUT2D eigenvalue weighted by molar-refractivity contribution is 7.80. The lowest BCUT2D eigenvalue weighted by Gasteiger charge is -2.08. The molecule has 0 saturated carbocycles. The molecule has 136 valence electrons. The first-order valence-corrected chi connectivity index (χ1v) is 10.1. The van der Waals surface area contributed by atoms with Gasteiger partial charge in [0, 0.05) is 11.0 Å². The Labute approximate surface area is 145 Å². The molecule has 0 aromatic carbocycles. The van der Waals surface area contributed by atoms with Crippen molar-refractivity contribution in [2.75, 3.05) is 19.0 Å². The molecule has 0 bridgehead atoms. The fourth-order valence-corrected chi connectivity index (χ4v) is 2.60. The number of hydrogen-bond donors (Lipinski definition) is 3. The standard InChI is InChI=1S/C15H29O6PS/c16-14(13-21-22(18)19)12-20-15(17)10-8-6-4-2-1-3-5-7-9-11-23/h14,16H,1-13H2,(H-,18,19,23)/p+1/t14-/m1/s1. The van der Waals surface area contributed by atoms with Crippen molar-refractivity contribution < 1.29 is 28.6 Å². The van der Waals surface area contributed by atoms with Gasteiger partial charge in [-0.3, -0.25) is 4.79 Å². The molecule has 2 atom stereocenters. The Morgan fingerprint density at radius 2 is 1.48 bits per heavy atom. The summed E-state index contributed by atoms with van der Waals surface area (Å²) in [7, 11) is -2.73. The monoisotopic (exact) mass is 369 g/mol. The minimum absolute atomic E-state index is 0.214. The van der Waals surface area contributed by atoms with Gasteiger partial charge >= 0.3 is 14.2 Å². The first-order valence-electron chi connectivity index (χ1n) is 8.30. The first-order chi connectivity index (χ1) is 11.1. The van der Waals surface area contributed by atoms with Gasteiger partial charge in [-0.2, -0.15) is 12.6 Å². The van der Waals surface area contributed by atoms with E-state index in [9.17, 15) is 14.5 Å². The molecule has 0 heterocycles. The third-order valence-electron chi connectivity index (χ3n) is 3.35. The van der Waals surface area contributed by atoms with E-state index in [1.54, 1.807) is 0 Å². The number of rotatable bonds is 16. The van der Waals surface area contributed by atoms with E-state index in [2.05, 4.69) is 17.2 Å². The van der Waals surface area contributed by atoms with Gasteiger partial charge in [0.25, 0.3) is 0 Å². The number of thiol groups is 1. The second-order valence-electron chi connectivity index (χ2n) is 5.53. The van der Waals surface area contributed by atoms with Crippen molar-refractivity contribution in [3.8, 4) is 0 Å². The van der Waals surface area contributed by atoms with Crippen LogP contribution in [0.25, 0.3) is 0 Å². The Balaban J connectivity index is 3.31. The average molecular weight is 369 g/mol. The molecule has 0 rings (SSSR count). The number of carbonyl (C=O) groups excluding carboxylic acids is 1. The van der Waals surface area contributed by atoms with Crippen LogP contribution >= 0.6 is 20.9 Å². The van der Waals surface area contributed by atoms with E-state index in [1.807, 2.05) is 0 Å². The van der Waals surface area contributed by atoms with Gasteiger partial charge < -0.3 is 9.84 Å². The molecule has 0 aliphatic carbocycles. The van der Waals surface area contributed by atoms with Crippen LogP contribution in [0.5, 0.6) is 0 Å². The summed E-state index contributed by atoms with van der Waals surface area (Å²) in [6.07, 6.45) is 9.64. The summed E-state index contributed by atoms with van der Waals surface area (Å²) in [6.45, 7) is -0.540. The van der Waals surface area contributed by atoms with Gasteiger partial charge in [-0.15, -0.1) is 9.42 Å². The van der Waals surface area contributed by atoms with E-state index in [-0.39, 0.29) is 19.2 Å². The maximum atomic E-state index is 11.4. The van der Waals surface area contributed by atoms with Gasteiger partial charge in [0.1, 0.15) is 19.3 Å². The number of aliphatic hydroxyl groups excluding tert-OH is 1. The van der Waals surface area contributed by atoms with Crippen LogP contribution in [0.15, 0.2) is 0 Å². The van der Waals surface area contributed by atoms with Crippen molar-refractivity contribution in [1.82, 2.24) is 0 Å². The van der Waals surface area contributed by atoms with Gasteiger partial charge in [-0.25, -0.2) is 0 Å². The van der Waals surface area contributed by atoms with Gasteiger partial charge in [0.15, 0.2) is 0 Å². The predicted octanol–water partition coefficient (Wildman–Crippen LogP) is 3.39. The lowest BCUT2D eigenvalue weighted by molar-refractivity contribution is -0.147. The van der Waals surface area contributed by atoms with Gasteiger partial charge in [0.2, 0.25) is 0 Å². The molecule has 0 amide bonds. The maximum Gasteiger partial charge on any atom is 0.694 e. The van der Waals surface area contributed by atoms with Crippen molar-refractivity contribution in [1.29, 1.82) is 0 Å². The molecule has 0 aliphatic rings.